The monoisotopic (exact) mass is 193 g/mol. The maximum absolute atomic E-state index is 12.4. The van der Waals surface area contributed by atoms with Crippen LogP contribution in [0.15, 0.2) is 23.1 Å². The maximum Gasteiger partial charge on any atom is 0.123 e. The number of hydrogen-bond acceptors (Lipinski definition) is 2. The summed E-state index contributed by atoms with van der Waals surface area (Å²) >= 11 is 4.08. The molecule has 0 aromatic heterocycles. The molecule has 0 aliphatic rings. The van der Waals surface area contributed by atoms with E-state index in [9.17, 15) is 4.39 Å². The van der Waals surface area contributed by atoms with Crippen LogP contribution < -0.4 is 5.73 Å². The van der Waals surface area contributed by atoms with Gasteiger partial charge >= 0.3 is 0 Å². The van der Waals surface area contributed by atoms with Gasteiger partial charge in [-0.1, -0.05) is 0 Å². The molecule has 62 valence electrons. The molecule has 0 amide bonds. The summed E-state index contributed by atoms with van der Waals surface area (Å²) in [5.41, 5.74) is 6.04. The summed E-state index contributed by atoms with van der Waals surface area (Å²) < 4.78 is 12.4. The van der Waals surface area contributed by atoms with E-state index in [0.717, 1.165) is 10.5 Å². The van der Waals surface area contributed by atoms with E-state index in [-0.39, 0.29) is 18.2 Å². The molecule has 1 nitrogen and oxygen atoms in total. The zero-order valence-corrected chi connectivity index (χ0v) is 7.46. The molecule has 0 fully saturated rings. The molecule has 1 aromatic rings. The summed E-state index contributed by atoms with van der Waals surface area (Å²) in [6, 6.07) is 4.35. The molecule has 0 atom stereocenters. The summed E-state index contributed by atoms with van der Waals surface area (Å²) in [6.07, 6.45) is 0. The first kappa shape index (κ1) is 10.8. The lowest BCUT2D eigenvalue weighted by Crippen LogP contribution is -1.97. The van der Waals surface area contributed by atoms with Gasteiger partial charge in [0, 0.05) is 11.4 Å². The summed E-state index contributed by atoms with van der Waals surface area (Å²) in [4.78, 5) is 0.740. The standard InChI is InChI=1S/C7H8FNS.ClH/c8-6-1-2-7(10)5(3-6)4-9;/h1-3,10H,4,9H2;1H. The van der Waals surface area contributed by atoms with Crippen molar-refractivity contribution in [1.82, 2.24) is 0 Å². The third-order valence-corrected chi connectivity index (χ3v) is 1.70. The average molecular weight is 194 g/mol. The van der Waals surface area contributed by atoms with Crippen molar-refractivity contribution >= 4 is 25.0 Å². The lowest BCUT2D eigenvalue weighted by molar-refractivity contribution is 0.623. The SMILES string of the molecule is Cl.NCc1cc(F)ccc1S. The minimum atomic E-state index is -0.266. The van der Waals surface area contributed by atoms with Gasteiger partial charge in [0.05, 0.1) is 0 Å². The molecule has 0 saturated heterocycles. The maximum atomic E-state index is 12.4. The van der Waals surface area contributed by atoms with Crippen LogP contribution >= 0.6 is 25.0 Å². The Balaban J connectivity index is 0.000001000. The second-order valence-electron chi connectivity index (χ2n) is 1.98. The van der Waals surface area contributed by atoms with Gasteiger partial charge in [0.2, 0.25) is 0 Å². The molecule has 0 aliphatic heterocycles. The lowest BCUT2D eigenvalue weighted by atomic mass is 10.2. The van der Waals surface area contributed by atoms with Gasteiger partial charge in [-0.3, -0.25) is 0 Å². The largest absolute Gasteiger partial charge is 0.326 e. The molecular formula is C7H9ClFNS. The second-order valence-corrected chi connectivity index (χ2v) is 2.46. The molecule has 0 radical (unpaired) electrons. The third-order valence-electron chi connectivity index (χ3n) is 1.26. The van der Waals surface area contributed by atoms with Crippen molar-refractivity contribution in [2.75, 3.05) is 0 Å². The molecule has 0 bridgehead atoms. The molecule has 1 rings (SSSR count). The summed E-state index contributed by atoms with van der Waals surface area (Å²) in [5.74, 6) is -0.266. The van der Waals surface area contributed by atoms with Crippen molar-refractivity contribution in [3.8, 4) is 0 Å². The van der Waals surface area contributed by atoms with Crippen LogP contribution in [0.2, 0.25) is 0 Å². The number of nitrogens with two attached hydrogens (primary N) is 1. The van der Waals surface area contributed by atoms with E-state index in [1.807, 2.05) is 0 Å². The highest BCUT2D eigenvalue weighted by atomic mass is 35.5. The Labute approximate surface area is 76.6 Å². The fraction of sp³-hybridized carbons (Fsp3) is 0.143. The van der Waals surface area contributed by atoms with Crippen molar-refractivity contribution in [1.29, 1.82) is 0 Å². The number of hydrogen-bond donors (Lipinski definition) is 2. The highest BCUT2D eigenvalue weighted by Gasteiger charge is 1.96. The van der Waals surface area contributed by atoms with Gasteiger partial charge in [-0.05, 0) is 23.8 Å². The zero-order chi connectivity index (χ0) is 7.56. The second kappa shape index (κ2) is 4.59. The molecule has 0 spiro atoms. The normalized spacial score (nSPS) is 9.00. The minimum absolute atomic E-state index is 0. The van der Waals surface area contributed by atoms with Crippen LogP contribution in [0.1, 0.15) is 5.56 Å². The number of thiol groups is 1. The van der Waals surface area contributed by atoms with E-state index in [0.29, 0.717) is 6.54 Å². The third kappa shape index (κ3) is 2.69. The van der Waals surface area contributed by atoms with Gasteiger partial charge in [0.25, 0.3) is 0 Å². The van der Waals surface area contributed by atoms with E-state index in [4.69, 9.17) is 5.73 Å². The molecular weight excluding hydrogens is 185 g/mol. The van der Waals surface area contributed by atoms with Crippen LogP contribution in [-0.4, -0.2) is 0 Å². The van der Waals surface area contributed by atoms with Crippen LogP contribution in [0.5, 0.6) is 0 Å². The van der Waals surface area contributed by atoms with Crippen molar-refractivity contribution < 1.29 is 4.39 Å². The van der Waals surface area contributed by atoms with Gasteiger partial charge in [-0.2, -0.15) is 0 Å². The van der Waals surface area contributed by atoms with Crippen molar-refractivity contribution in [2.45, 2.75) is 11.4 Å². The van der Waals surface area contributed by atoms with Crippen molar-refractivity contribution in [2.24, 2.45) is 5.73 Å². The Morgan fingerprint density at radius 2 is 2.09 bits per heavy atom. The van der Waals surface area contributed by atoms with Crippen molar-refractivity contribution in [3.63, 3.8) is 0 Å². The average Bonchev–Trinajstić information content (AvgIpc) is 1.94. The topological polar surface area (TPSA) is 26.0 Å². The molecule has 4 heteroatoms. The van der Waals surface area contributed by atoms with Crippen LogP contribution in [0.4, 0.5) is 4.39 Å². The van der Waals surface area contributed by atoms with Gasteiger partial charge in [0.1, 0.15) is 5.82 Å². The summed E-state index contributed by atoms with van der Waals surface area (Å²) in [5, 5.41) is 0. The number of rotatable bonds is 1. The predicted molar refractivity (Wildman–Crippen MR) is 48.8 cm³/mol. The Kier molecular flexibility index (Phi) is 4.49. The fourth-order valence-electron chi connectivity index (χ4n) is 0.718. The molecule has 0 saturated carbocycles. The molecule has 11 heavy (non-hydrogen) atoms. The van der Waals surface area contributed by atoms with E-state index in [2.05, 4.69) is 12.6 Å². The Morgan fingerprint density at radius 3 is 2.55 bits per heavy atom. The van der Waals surface area contributed by atoms with Gasteiger partial charge in [-0.15, -0.1) is 25.0 Å². The van der Waals surface area contributed by atoms with E-state index >= 15 is 0 Å². The molecule has 0 heterocycles. The molecule has 1 aromatic carbocycles. The first-order valence-corrected chi connectivity index (χ1v) is 3.36. The number of benzene rings is 1. The molecule has 0 unspecified atom stereocenters. The Bertz CT molecular complexity index is 242. The van der Waals surface area contributed by atoms with Crippen LogP contribution in [0.3, 0.4) is 0 Å². The van der Waals surface area contributed by atoms with Gasteiger partial charge in [0.15, 0.2) is 0 Å². The first-order chi connectivity index (χ1) is 4.74. The Hall–Kier alpha value is -0.250. The molecule has 0 aliphatic carbocycles. The predicted octanol–water partition coefficient (Wildman–Crippen LogP) is 1.99. The summed E-state index contributed by atoms with van der Waals surface area (Å²) in [7, 11) is 0. The Morgan fingerprint density at radius 1 is 1.45 bits per heavy atom. The van der Waals surface area contributed by atoms with Crippen molar-refractivity contribution in [3.05, 3.63) is 29.6 Å². The van der Waals surface area contributed by atoms with E-state index in [1.54, 1.807) is 6.07 Å². The highest BCUT2D eigenvalue weighted by Crippen LogP contribution is 2.13. The minimum Gasteiger partial charge on any atom is -0.326 e. The van der Waals surface area contributed by atoms with Gasteiger partial charge in [-0.25, -0.2) is 4.39 Å². The van der Waals surface area contributed by atoms with E-state index in [1.165, 1.54) is 12.1 Å². The smallest absolute Gasteiger partial charge is 0.123 e. The first-order valence-electron chi connectivity index (χ1n) is 2.91. The highest BCUT2D eigenvalue weighted by molar-refractivity contribution is 7.80. The fourth-order valence-corrected chi connectivity index (χ4v) is 0.948. The molecule has 2 N–H and O–H groups in total. The van der Waals surface area contributed by atoms with Gasteiger partial charge < -0.3 is 5.73 Å². The summed E-state index contributed by atoms with van der Waals surface area (Å²) in [6.45, 7) is 0.330. The van der Waals surface area contributed by atoms with E-state index < -0.39 is 0 Å². The van der Waals surface area contributed by atoms with Crippen LogP contribution in [0, 0.1) is 5.82 Å². The zero-order valence-electron chi connectivity index (χ0n) is 5.75. The van der Waals surface area contributed by atoms with Crippen LogP contribution in [0.25, 0.3) is 0 Å². The number of halogens is 2. The quantitative estimate of drug-likeness (QED) is 0.656. The van der Waals surface area contributed by atoms with Crippen LogP contribution in [-0.2, 0) is 6.54 Å². The lowest BCUT2D eigenvalue weighted by Gasteiger charge is -1.99.